The Morgan fingerprint density at radius 2 is 2.05 bits per heavy atom. The van der Waals surface area contributed by atoms with Crippen molar-refractivity contribution in [3.05, 3.63) is 23.8 Å². The molecule has 0 amide bonds. The molecular weight excluding hydrogens is 246 g/mol. The predicted molar refractivity (Wildman–Crippen MR) is 73.8 cm³/mol. The third-order valence-electron chi connectivity index (χ3n) is 2.51. The molecular formula is C14H23NO4. The Balaban J connectivity index is 2.80. The first-order chi connectivity index (χ1) is 9.22. The van der Waals surface area contributed by atoms with Gasteiger partial charge in [0.05, 0.1) is 13.2 Å². The summed E-state index contributed by atoms with van der Waals surface area (Å²) in [6.07, 6.45) is -0.651. The normalized spacial score (nSPS) is 12.2. The monoisotopic (exact) mass is 269 g/mol. The summed E-state index contributed by atoms with van der Waals surface area (Å²) in [6, 6.07) is 5.76. The molecule has 5 heteroatoms. The van der Waals surface area contributed by atoms with Crippen molar-refractivity contribution in [2.75, 3.05) is 34.0 Å². The van der Waals surface area contributed by atoms with Crippen LogP contribution in [0.4, 0.5) is 0 Å². The number of aliphatic hydroxyl groups excluding tert-OH is 1. The number of nitrogens with one attached hydrogen (secondary N) is 1. The lowest BCUT2D eigenvalue weighted by atomic mass is 10.2. The summed E-state index contributed by atoms with van der Waals surface area (Å²) in [4.78, 5) is 0. The molecule has 0 aliphatic rings. The van der Waals surface area contributed by atoms with Gasteiger partial charge in [0.1, 0.15) is 12.7 Å². The summed E-state index contributed by atoms with van der Waals surface area (Å²) in [5, 5.41) is 12.7. The zero-order valence-electron chi connectivity index (χ0n) is 11.8. The highest BCUT2D eigenvalue weighted by molar-refractivity contribution is 5.46. The number of hydrogen-bond donors (Lipinski definition) is 2. The molecule has 0 saturated heterocycles. The molecule has 0 bridgehead atoms. The van der Waals surface area contributed by atoms with Crippen molar-refractivity contribution in [2.45, 2.75) is 19.6 Å². The molecule has 1 rings (SSSR count). The zero-order valence-corrected chi connectivity index (χ0v) is 11.8. The molecule has 1 aromatic rings. The molecule has 0 aliphatic heterocycles. The Labute approximate surface area is 114 Å². The van der Waals surface area contributed by atoms with Gasteiger partial charge in [0.15, 0.2) is 11.5 Å². The molecule has 19 heavy (non-hydrogen) atoms. The van der Waals surface area contributed by atoms with E-state index in [0.717, 1.165) is 5.56 Å². The lowest BCUT2D eigenvalue weighted by Gasteiger charge is -2.17. The van der Waals surface area contributed by atoms with Crippen molar-refractivity contribution < 1.29 is 19.3 Å². The Kier molecular flexibility index (Phi) is 7.25. The SMILES string of the molecule is CCOc1cccc(CNC)c1OCC(O)COC. The Morgan fingerprint density at radius 1 is 1.26 bits per heavy atom. The molecule has 1 aromatic carbocycles. The molecule has 0 fully saturated rings. The fourth-order valence-electron chi connectivity index (χ4n) is 1.74. The fraction of sp³-hybridized carbons (Fsp3) is 0.571. The van der Waals surface area contributed by atoms with Gasteiger partial charge in [0, 0.05) is 19.2 Å². The van der Waals surface area contributed by atoms with E-state index in [2.05, 4.69) is 5.32 Å². The topological polar surface area (TPSA) is 60.0 Å². The number of methoxy groups -OCH3 is 1. The second-order valence-electron chi connectivity index (χ2n) is 4.13. The summed E-state index contributed by atoms with van der Waals surface area (Å²) in [6.45, 7) is 3.59. The number of aliphatic hydroxyl groups is 1. The van der Waals surface area contributed by atoms with Crippen LogP contribution in [-0.2, 0) is 11.3 Å². The highest BCUT2D eigenvalue weighted by atomic mass is 16.5. The summed E-state index contributed by atoms with van der Waals surface area (Å²) in [7, 11) is 3.42. The third-order valence-corrected chi connectivity index (χ3v) is 2.51. The highest BCUT2D eigenvalue weighted by Crippen LogP contribution is 2.31. The second-order valence-corrected chi connectivity index (χ2v) is 4.13. The van der Waals surface area contributed by atoms with Crippen molar-refractivity contribution in [1.29, 1.82) is 0 Å². The first-order valence-electron chi connectivity index (χ1n) is 6.42. The highest BCUT2D eigenvalue weighted by Gasteiger charge is 2.13. The van der Waals surface area contributed by atoms with Crippen LogP contribution in [0, 0.1) is 0 Å². The Hall–Kier alpha value is -1.30. The van der Waals surface area contributed by atoms with Crippen molar-refractivity contribution >= 4 is 0 Å². The second kappa shape index (κ2) is 8.74. The number of hydrogen-bond acceptors (Lipinski definition) is 5. The zero-order chi connectivity index (χ0) is 14.1. The maximum atomic E-state index is 9.65. The van der Waals surface area contributed by atoms with Gasteiger partial charge in [-0.2, -0.15) is 0 Å². The van der Waals surface area contributed by atoms with E-state index in [9.17, 15) is 5.11 Å². The lowest BCUT2D eigenvalue weighted by Crippen LogP contribution is -2.23. The van der Waals surface area contributed by atoms with E-state index >= 15 is 0 Å². The number of ether oxygens (including phenoxy) is 3. The fourth-order valence-corrected chi connectivity index (χ4v) is 1.74. The Morgan fingerprint density at radius 3 is 2.68 bits per heavy atom. The van der Waals surface area contributed by atoms with Crippen LogP contribution >= 0.6 is 0 Å². The van der Waals surface area contributed by atoms with Gasteiger partial charge in [-0.25, -0.2) is 0 Å². The van der Waals surface area contributed by atoms with Crippen LogP contribution in [0.2, 0.25) is 0 Å². The van der Waals surface area contributed by atoms with Gasteiger partial charge < -0.3 is 24.6 Å². The van der Waals surface area contributed by atoms with Gasteiger partial charge in [-0.15, -0.1) is 0 Å². The van der Waals surface area contributed by atoms with Gasteiger partial charge in [0.25, 0.3) is 0 Å². The summed E-state index contributed by atoms with van der Waals surface area (Å²) in [5.74, 6) is 1.37. The Bertz CT molecular complexity index is 346. The van der Waals surface area contributed by atoms with E-state index in [0.29, 0.717) is 24.7 Å². The minimum Gasteiger partial charge on any atom is -0.490 e. The first kappa shape index (κ1) is 15.8. The van der Waals surface area contributed by atoms with Crippen LogP contribution in [0.1, 0.15) is 12.5 Å². The van der Waals surface area contributed by atoms with Crippen LogP contribution in [0.3, 0.4) is 0 Å². The largest absolute Gasteiger partial charge is 0.490 e. The van der Waals surface area contributed by atoms with Crippen LogP contribution in [-0.4, -0.2) is 45.2 Å². The van der Waals surface area contributed by atoms with E-state index in [4.69, 9.17) is 14.2 Å². The number of rotatable bonds is 9. The molecule has 5 nitrogen and oxygen atoms in total. The standard InChI is InChI=1S/C14H23NO4/c1-4-18-13-7-5-6-11(8-15-2)14(13)19-10-12(16)9-17-3/h5-7,12,15-16H,4,8-10H2,1-3H3. The van der Waals surface area contributed by atoms with E-state index in [1.54, 1.807) is 7.11 Å². The van der Waals surface area contributed by atoms with E-state index in [1.165, 1.54) is 0 Å². The molecule has 0 aromatic heterocycles. The first-order valence-corrected chi connectivity index (χ1v) is 6.42. The van der Waals surface area contributed by atoms with Crippen molar-refractivity contribution in [1.82, 2.24) is 5.32 Å². The van der Waals surface area contributed by atoms with Gasteiger partial charge in [-0.3, -0.25) is 0 Å². The average molecular weight is 269 g/mol. The molecule has 0 saturated carbocycles. The van der Waals surface area contributed by atoms with E-state index < -0.39 is 6.10 Å². The maximum Gasteiger partial charge on any atom is 0.165 e. The van der Waals surface area contributed by atoms with E-state index in [1.807, 2.05) is 32.2 Å². The molecule has 1 atom stereocenters. The smallest absolute Gasteiger partial charge is 0.165 e. The number of para-hydroxylation sites is 1. The van der Waals surface area contributed by atoms with Gasteiger partial charge >= 0.3 is 0 Å². The van der Waals surface area contributed by atoms with Crippen molar-refractivity contribution in [3.8, 4) is 11.5 Å². The molecule has 0 radical (unpaired) electrons. The quantitative estimate of drug-likeness (QED) is 0.705. The minimum absolute atomic E-state index is 0.175. The molecule has 1 unspecified atom stereocenters. The summed E-state index contributed by atoms with van der Waals surface area (Å²) >= 11 is 0. The van der Waals surface area contributed by atoms with Crippen LogP contribution in [0.5, 0.6) is 11.5 Å². The van der Waals surface area contributed by atoms with Crippen LogP contribution in [0.25, 0.3) is 0 Å². The third kappa shape index (κ3) is 5.06. The van der Waals surface area contributed by atoms with Gasteiger partial charge in [-0.1, -0.05) is 12.1 Å². The van der Waals surface area contributed by atoms with Crippen LogP contribution < -0.4 is 14.8 Å². The molecule has 108 valence electrons. The van der Waals surface area contributed by atoms with E-state index in [-0.39, 0.29) is 13.2 Å². The van der Waals surface area contributed by atoms with Crippen molar-refractivity contribution in [3.63, 3.8) is 0 Å². The number of benzene rings is 1. The lowest BCUT2D eigenvalue weighted by molar-refractivity contribution is 0.0315. The molecule has 0 aliphatic carbocycles. The maximum absolute atomic E-state index is 9.65. The predicted octanol–water partition coefficient (Wildman–Crippen LogP) is 1.19. The summed E-state index contributed by atoms with van der Waals surface area (Å²) in [5.41, 5.74) is 0.998. The molecule has 0 spiro atoms. The van der Waals surface area contributed by atoms with Crippen LogP contribution in [0.15, 0.2) is 18.2 Å². The molecule has 0 heterocycles. The average Bonchev–Trinajstić information content (AvgIpc) is 2.39. The van der Waals surface area contributed by atoms with Gasteiger partial charge in [-0.05, 0) is 20.0 Å². The summed E-state index contributed by atoms with van der Waals surface area (Å²) < 4.78 is 16.1. The van der Waals surface area contributed by atoms with Crippen molar-refractivity contribution in [2.24, 2.45) is 0 Å². The van der Waals surface area contributed by atoms with Gasteiger partial charge in [0.2, 0.25) is 0 Å². The minimum atomic E-state index is -0.651. The molecule has 2 N–H and O–H groups in total.